The van der Waals surface area contributed by atoms with E-state index in [1.807, 2.05) is 46.6 Å². The van der Waals surface area contributed by atoms with E-state index in [-0.39, 0.29) is 11.7 Å². The van der Waals surface area contributed by atoms with Crippen LogP contribution in [0.3, 0.4) is 0 Å². The van der Waals surface area contributed by atoms with Crippen molar-refractivity contribution in [2.45, 2.75) is 32.2 Å². The average molecular weight is 483 g/mol. The number of fused-ring (bicyclic) bond motifs is 1. The van der Waals surface area contributed by atoms with Crippen molar-refractivity contribution < 1.29 is 9.13 Å². The van der Waals surface area contributed by atoms with Crippen molar-refractivity contribution in [3.63, 3.8) is 0 Å². The maximum absolute atomic E-state index is 13.7. The van der Waals surface area contributed by atoms with Gasteiger partial charge in [-0.3, -0.25) is 0 Å². The van der Waals surface area contributed by atoms with E-state index >= 15 is 0 Å². The second-order valence-electron chi connectivity index (χ2n) is 7.53. The molecular weight excluding hydrogens is 463 g/mol. The molecule has 0 spiro atoms. The quantitative estimate of drug-likeness (QED) is 0.422. The van der Waals surface area contributed by atoms with Crippen molar-refractivity contribution in [3.05, 3.63) is 70.2 Å². The molecule has 1 aromatic carbocycles. The normalized spacial score (nSPS) is 15.7. The van der Waals surface area contributed by atoms with Crippen LogP contribution in [0, 0.1) is 12.7 Å². The van der Waals surface area contributed by atoms with Crippen LogP contribution in [0.4, 0.5) is 4.39 Å². The molecule has 0 bridgehead atoms. The minimum absolute atomic E-state index is 0.0574. The van der Waals surface area contributed by atoms with Gasteiger partial charge in [-0.25, -0.2) is 24.0 Å². The summed E-state index contributed by atoms with van der Waals surface area (Å²) in [6, 6.07) is 8.94. The van der Waals surface area contributed by atoms with Gasteiger partial charge in [0, 0.05) is 18.7 Å². The average Bonchev–Trinajstić information content (AvgIpc) is 3.41. The molecule has 1 aliphatic rings. The molecule has 0 fully saturated rings. The van der Waals surface area contributed by atoms with Crippen LogP contribution in [-0.2, 0) is 6.54 Å². The Morgan fingerprint density at radius 1 is 1.19 bits per heavy atom. The van der Waals surface area contributed by atoms with E-state index in [0.717, 1.165) is 42.2 Å². The Bertz CT molecular complexity index is 1270. The lowest BCUT2D eigenvalue weighted by atomic mass is 9.91. The van der Waals surface area contributed by atoms with Crippen molar-refractivity contribution in [1.29, 1.82) is 0 Å². The van der Waals surface area contributed by atoms with Gasteiger partial charge >= 0.3 is 0 Å². The largest absolute Gasteiger partial charge is 0.479 e. The van der Waals surface area contributed by atoms with Crippen molar-refractivity contribution >= 4 is 15.9 Å². The lowest BCUT2D eigenvalue weighted by Crippen LogP contribution is -2.18. The van der Waals surface area contributed by atoms with Crippen LogP contribution in [0.2, 0.25) is 0 Å². The van der Waals surface area contributed by atoms with Gasteiger partial charge in [-0.15, -0.1) is 5.10 Å². The first-order valence-electron chi connectivity index (χ1n) is 9.99. The summed E-state index contributed by atoms with van der Waals surface area (Å²) in [6.45, 7) is 2.73. The summed E-state index contributed by atoms with van der Waals surface area (Å²) in [6.07, 6.45) is 5.56. The van der Waals surface area contributed by atoms with Crippen molar-refractivity contribution in [3.8, 4) is 23.1 Å². The third-order valence-corrected chi connectivity index (χ3v) is 6.08. The zero-order valence-electron chi connectivity index (χ0n) is 17.1. The van der Waals surface area contributed by atoms with Gasteiger partial charge in [-0.05, 0) is 65.5 Å². The van der Waals surface area contributed by atoms with Gasteiger partial charge < -0.3 is 9.30 Å². The lowest BCUT2D eigenvalue weighted by Gasteiger charge is -2.22. The SMILES string of the molecule is COc1nc(-c2nc3n(n2)CCCC3c2ccc(F)c(Br)c2)ccc1-n1cnc(C)c1. The Balaban J connectivity index is 1.52. The molecule has 1 unspecified atom stereocenters. The van der Waals surface area contributed by atoms with Gasteiger partial charge in [-0.1, -0.05) is 6.07 Å². The van der Waals surface area contributed by atoms with Crippen LogP contribution in [-0.4, -0.2) is 36.4 Å². The number of aryl methyl sites for hydroxylation is 2. The van der Waals surface area contributed by atoms with Crippen LogP contribution >= 0.6 is 15.9 Å². The molecule has 9 heteroatoms. The first kappa shape index (κ1) is 19.9. The van der Waals surface area contributed by atoms with E-state index in [0.29, 0.717) is 21.9 Å². The molecule has 0 saturated heterocycles. The van der Waals surface area contributed by atoms with E-state index in [2.05, 4.69) is 25.9 Å². The fourth-order valence-corrected chi connectivity index (χ4v) is 4.36. The maximum Gasteiger partial charge on any atom is 0.238 e. The monoisotopic (exact) mass is 482 g/mol. The third-order valence-electron chi connectivity index (χ3n) is 5.47. The second-order valence-corrected chi connectivity index (χ2v) is 8.39. The highest BCUT2D eigenvalue weighted by atomic mass is 79.9. The molecule has 158 valence electrons. The van der Waals surface area contributed by atoms with E-state index < -0.39 is 0 Å². The molecule has 5 rings (SSSR count). The fraction of sp³-hybridized carbons (Fsp3) is 0.273. The predicted molar refractivity (Wildman–Crippen MR) is 117 cm³/mol. The third kappa shape index (κ3) is 3.63. The number of rotatable bonds is 4. The summed E-state index contributed by atoms with van der Waals surface area (Å²) in [7, 11) is 1.59. The van der Waals surface area contributed by atoms with Gasteiger partial charge in [0.2, 0.25) is 5.88 Å². The number of imidazole rings is 1. The zero-order valence-corrected chi connectivity index (χ0v) is 18.7. The Labute approximate surface area is 187 Å². The molecule has 4 heterocycles. The summed E-state index contributed by atoms with van der Waals surface area (Å²) in [4.78, 5) is 13.7. The number of ether oxygens (including phenoxy) is 1. The highest BCUT2D eigenvalue weighted by Gasteiger charge is 2.27. The Hall–Kier alpha value is -3.07. The number of halogens is 2. The smallest absolute Gasteiger partial charge is 0.238 e. The van der Waals surface area contributed by atoms with Crippen LogP contribution < -0.4 is 4.74 Å². The second kappa shape index (κ2) is 7.88. The minimum atomic E-state index is -0.272. The predicted octanol–water partition coefficient (Wildman–Crippen LogP) is 4.67. The number of aromatic nitrogens is 6. The summed E-state index contributed by atoms with van der Waals surface area (Å²) < 4.78 is 23.5. The number of pyridine rings is 1. The Morgan fingerprint density at radius 2 is 2.06 bits per heavy atom. The van der Waals surface area contributed by atoms with Crippen LogP contribution in [0.1, 0.15) is 35.8 Å². The van der Waals surface area contributed by atoms with E-state index in [4.69, 9.17) is 14.8 Å². The maximum atomic E-state index is 13.7. The molecule has 1 atom stereocenters. The fourth-order valence-electron chi connectivity index (χ4n) is 3.96. The summed E-state index contributed by atoms with van der Waals surface area (Å²) in [5, 5.41) is 4.70. The van der Waals surface area contributed by atoms with Crippen LogP contribution in [0.15, 0.2) is 47.3 Å². The van der Waals surface area contributed by atoms with Gasteiger partial charge in [0.15, 0.2) is 5.82 Å². The standard InChI is InChI=1S/C22H20BrFN6O/c1-13-11-29(12-25-13)19-8-7-18(26-22(19)31-2)20-27-21-15(4-3-9-30(21)28-20)14-5-6-17(24)16(23)10-14/h5-8,10-12,15H,3-4,9H2,1-2H3. The van der Waals surface area contributed by atoms with Gasteiger partial charge in [0.1, 0.15) is 23.0 Å². The molecule has 7 nitrogen and oxygen atoms in total. The topological polar surface area (TPSA) is 70.7 Å². The molecule has 0 saturated carbocycles. The van der Waals surface area contributed by atoms with Crippen molar-refractivity contribution in [1.82, 2.24) is 29.3 Å². The highest BCUT2D eigenvalue weighted by molar-refractivity contribution is 9.10. The Kier molecular flexibility index (Phi) is 5.05. The number of hydrogen-bond donors (Lipinski definition) is 0. The first-order chi connectivity index (χ1) is 15.0. The molecule has 0 amide bonds. The summed E-state index contributed by atoms with van der Waals surface area (Å²) >= 11 is 3.29. The molecule has 1 aliphatic heterocycles. The van der Waals surface area contributed by atoms with Gasteiger partial charge in [0.25, 0.3) is 0 Å². The van der Waals surface area contributed by atoms with Crippen molar-refractivity contribution in [2.24, 2.45) is 0 Å². The van der Waals surface area contributed by atoms with Crippen LogP contribution in [0.5, 0.6) is 5.88 Å². The lowest BCUT2D eigenvalue weighted by molar-refractivity contribution is 0.396. The molecular formula is C22H20BrFN6O. The summed E-state index contributed by atoms with van der Waals surface area (Å²) in [5.41, 5.74) is 3.36. The molecule has 3 aromatic heterocycles. The molecule has 0 radical (unpaired) electrons. The van der Waals surface area contributed by atoms with Gasteiger partial charge in [-0.2, -0.15) is 0 Å². The summed E-state index contributed by atoms with van der Waals surface area (Å²) in [5.74, 6) is 1.68. The minimum Gasteiger partial charge on any atom is -0.479 e. The number of benzene rings is 1. The highest BCUT2D eigenvalue weighted by Crippen LogP contribution is 2.35. The number of hydrogen-bond acceptors (Lipinski definition) is 5. The first-order valence-corrected chi connectivity index (χ1v) is 10.8. The zero-order chi connectivity index (χ0) is 21.5. The molecule has 0 aliphatic carbocycles. The molecule has 31 heavy (non-hydrogen) atoms. The number of nitrogens with zero attached hydrogens (tertiary/aromatic N) is 6. The van der Waals surface area contributed by atoms with Crippen molar-refractivity contribution in [2.75, 3.05) is 7.11 Å². The van der Waals surface area contributed by atoms with E-state index in [9.17, 15) is 4.39 Å². The van der Waals surface area contributed by atoms with Crippen LogP contribution in [0.25, 0.3) is 17.2 Å². The van der Waals surface area contributed by atoms with E-state index in [1.54, 1.807) is 13.4 Å². The number of methoxy groups -OCH3 is 1. The molecule has 4 aromatic rings. The molecule has 0 N–H and O–H groups in total. The van der Waals surface area contributed by atoms with E-state index in [1.165, 1.54) is 6.07 Å². The Morgan fingerprint density at radius 3 is 2.81 bits per heavy atom. The van der Waals surface area contributed by atoms with Gasteiger partial charge in [0.05, 0.1) is 23.6 Å².